The lowest BCUT2D eigenvalue weighted by Crippen LogP contribution is -2.35. The summed E-state index contributed by atoms with van der Waals surface area (Å²) in [7, 11) is 0. The number of aliphatic carboxylic acids is 2. The van der Waals surface area contributed by atoms with Gasteiger partial charge in [0.25, 0.3) is 11.8 Å². The number of nitrogens with zero attached hydrogens (tertiary/aromatic N) is 2. The molecular weight excluding hydrogens is 929 g/mol. The van der Waals surface area contributed by atoms with E-state index in [0.29, 0.717) is 24.2 Å². The maximum atomic E-state index is 12.5. The Hall–Kier alpha value is -6.30. The fourth-order valence-corrected chi connectivity index (χ4v) is 8.78. The van der Waals surface area contributed by atoms with Gasteiger partial charge in [-0.15, -0.1) is 0 Å². The van der Waals surface area contributed by atoms with Gasteiger partial charge in [0.15, 0.2) is 0 Å². The van der Waals surface area contributed by atoms with Crippen molar-refractivity contribution < 1.29 is 39.0 Å². The molecule has 0 bridgehead atoms. The van der Waals surface area contributed by atoms with Crippen LogP contribution >= 0.6 is 0 Å². The topological polar surface area (TPSA) is 173 Å². The largest absolute Gasteiger partial charge is 0.474 e. The van der Waals surface area contributed by atoms with Crippen LogP contribution in [0, 0.1) is 0 Å². The quantitative estimate of drug-likeness (QED) is 0.0257. The van der Waals surface area contributed by atoms with E-state index in [1.165, 1.54) is 138 Å². The monoisotopic (exact) mass is 1020 g/mol. The molecule has 0 aromatic heterocycles. The zero-order valence-corrected chi connectivity index (χ0v) is 44.8. The van der Waals surface area contributed by atoms with Crippen LogP contribution in [0.25, 0.3) is 0 Å². The number of hydrogen-bond donors (Lipinski definition) is 4. The predicted molar refractivity (Wildman–Crippen MR) is 296 cm³/mol. The number of carboxylic acids is 2. The zero-order valence-electron chi connectivity index (χ0n) is 44.8. The fraction of sp³-hybridized carbons (Fsp3) is 0.516. The molecule has 12 heteroatoms. The van der Waals surface area contributed by atoms with Crippen molar-refractivity contribution in [3.05, 3.63) is 143 Å². The van der Waals surface area contributed by atoms with Crippen molar-refractivity contribution in [3.63, 3.8) is 0 Å². The maximum Gasteiger partial charge on any atom is 0.394 e. The van der Waals surface area contributed by atoms with Gasteiger partial charge in [-0.25, -0.2) is 9.59 Å². The van der Waals surface area contributed by atoms with E-state index in [0.717, 1.165) is 47.9 Å². The van der Waals surface area contributed by atoms with E-state index in [2.05, 4.69) is 24.5 Å². The van der Waals surface area contributed by atoms with Crippen LogP contribution in [0.2, 0.25) is 0 Å². The fourth-order valence-electron chi connectivity index (χ4n) is 8.78. The number of carbonyl (C=O) groups excluding carboxylic acids is 4. The highest BCUT2D eigenvalue weighted by Gasteiger charge is 2.23. The zero-order chi connectivity index (χ0) is 53.4. The number of carbonyl (C=O) groups is 6. The molecule has 0 heterocycles. The summed E-state index contributed by atoms with van der Waals surface area (Å²) in [5.74, 6) is -5.09. The lowest BCUT2D eigenvalue weighted by molar-refractivity contribution is -0.156. The molecule has 4 amide bonds. The van der Waals surface area contributed by atoms with E-state index >= 15 is 0 Å². The van der Waals surface area contributed by atoms with E-state index in [9.17, 15) is 39.0 Å². The van der Waals surface area contributed by atoms with Crippen molar-refractivity contribution in [3.8, 4) is 0 Å². The molecule has 74 heavy (non-hydrogen) atoms. The SMILES string of the molecule is CCCCCCCCCCCCCCCNC(=O)c1ccc(CN(Cc2ccccc2)C(=O)C(=O)O)cc1.CCCCCCCCCCCCCNC(=O)c1ccc(CN(Cc2ccccc2)C(=O)C(=O)O)cc1. The first-order valence-electron chi connectivity index (χ1n) is 27.9. The lowest BCUT2D eigenvalue weighted by Gasteiger charge is -2.21. The van der Waals surface area contributed by atoms with Gasteiger partial charge in [-0.3, -0.25) is 19.2 Å². The van der Waals surface area contributed by atoms with E-state index in [-0.39, 0.29) is 38.0 Å². The molecule has 0 unspecified atom stereocenters. The van der Waals surface area contributed by atoms with Crippen molar-refractivity contribution >= 4 is 35.6 Å². The number of amides is 4. The molecular formula is C62H88N4O8. The molecule has 0 fully saturated rings. The summed E-state index contributed by atoms with van der Waals surface area (Å²) in [6, 6.07) is 32.5. The van der Waals surface area contributed by atoms with Gasteiger partial charge in [0, 0.05) is 50.4 Å². The number of hydrogen-bond acceptors (Lipinski definition) is 6. The predicted octanol–water partition coefficient (Wildman–Crippen LogP) is 13.5. The third kappa shape index (κ3) is 27.7. The Balaban J connectivity index is 0.000000391. The Morgan fingerprint density at radius 1 is 0.338 bits per heavy atom. The van der Waals surface area contributed by atoms with Gasteiger partial charge in [0.05, 0.1) is 0 Å². The smallest absolute Gasteiger partial charge is 0.394 e. The Kier molecular flexibility index (Phi) is 32.8. The molecule has 4 aromatic rings. The molecule has 0 saturated heterocycles. The van der Waals surface area contributed by atoms with E-state index < -0.39 is 23.8 Å². The summed E-state index contributed by atoms with van der Waals surface area (Å²) in [6.45, 7) is 6.54. The highest BCUT2D eigenvalue weighted by molar-refractivity contribution is 6.31. The molecule has 0 radical (unpaired) electrons. The second kappa shape index (κ2) is 39.2. The normalized spacial score (nSPS) is 10.7. The minimum Gasteiger partial charge on any atom is -0.474 e. The molecule has 0 saturated carbocycles. The average molecular weight is 1020 g/mol. The van der Waals surface area contributed by atoms with Crippen LogP contribution < -0.4 is 10.6 Å². The van der Waals surface area contributed by atoms with Crippen LogP contribution in [0.5, 0.6) is 0 Å². The van der Waals surface area contributed by atoms with Gasteiger partial charge in [0.2, 0.25) is 0 Å². The van der Waals surface area contributed by atoms with Gasteiger partial charge in [-0.05, 0) is 59.4 Å². The van der Waals surface area contributed by atoms with Crippen molar-refractivity contribution in [2.24, 2.45) is 0 Å². The molecule has 4 aromatic carbocycles. The second-order valence-corrected chi connectivity index (χ2v) is 19.6. The lowest BCUT2D eigenvalue weighted by atomic mass is 10.0. The van der Waals surface area contributed by atoms with Gasteiger partial charge in [0.1, 0.15) is 0 Å². The first-order valence-corrected chi connectivity index (χ1v) is 27.9. The third-order valence-corrected chi connectivity index (χ3v) is 13.2. The first kappa shape index (κ1) is 62.0. The van der Waals surface area contributed by atoms with Gasteiger partial charge < -0.3 is 30.6 Å². The third-order valence-electron chi connectivity index (χ3n) is 13.2. The van der Waals surface area contributed by atoms with Crippen LogP contribution in [-0.4, -0.2) is 68.7 Å². The Labute approximate surface area is 443 Å². The van der Waals surface area contributed by atoms with E-state index in [1.54, 1.807) is 48.5 Å². The van der Waals surface area contributed by atoms with E-state index in [4.69, 9.17) is 0 Å². The van der Waals surface area contributed by atoms with Gasteiger partial charge >= 0.3 is 23.8 Å². The molecule has 0 aliphatic carbocycles. The summed E-state index contributed by atoms with van der Waals surface area (Å²) in [5, 5.41) is 24.4. The molecule has 0 atom stereocenters. The van der Waals surface area contributed by atoms with Gasteiger partial charge in [-0.1, -0.05) is 240 Å². The first-order chi connectivity index (χ1) is 36.0. The van der Waals surface area contributed by atoms with Crippen molar-refractivity contribution in [2.45, 2.75) is 194 Å². The van der Waals surface area contributed by atoms with Crippen molar-refractivity contribution in [1.82, 2.24) is 20.4 Å². The molecule has 4 rings (SSSR count). The Bertz CT molecular complexity index is 2170. The highest BCUT2D eigenvalue weighted by atomic mass is 16.4. The highest BCUT2D eigenvalue weighted by Crippen LogP contribution is 2.17. The van der Waals surface area contributed by atoms with Crippen molar-refractivity contribution in [2.75, 3.05) is 13.1 Å². The maximum absolute atomic E-state index is 12.5. The minimum absolute atomic E-state index is 0.113. The molecule has 0 aliphatic rings. The average Bonchev–Trinajstić information content (AvgIpc) is 3.41. The molecule has 0 spiro atoms. The van der Waals surface area contributed by atoms with Crippen LogP contribution in [-0.2, 0) is 45.4 Å². The van der Waals surface area contributed by atoms with Crippen LogP contribution in [0.4, 0.5) is 0 Å². The van der Waals surface area contributed by atoms with Crippen LogP contribution in [0.1, 0.15) is 211 Å². The number of unbranched alkanes of at least 4 members (excludes halogenated alkanes) is 22. The summed E-state index contributed by atoms with van der Waals surface area (Å²) in [5.41, 5.74) is 4.35. The van der Waals surface area contributed by atoms with Crippen LogP contribution in [0.15, 0.2) is 109 Å². The van der Waals surface area contributed by atoms with Crippen molar-refractivity contribution in [1.29, 1.82) is 0 Å². The molecule has 0 aliphatic heterocycles. The Morgan fingerprint density at radius 2 is 0.581 bits per heavy atom. The molecule has 404 valence electrons. The summed E-state index contributed by atoms with van der Waals surface area (Å²) in [4.78, 5) is 74.5. The number of nitrogens with one attached hydrogen (secondary N) is 2. The van der Waals surface area contributed by atoms with Gasteiger partial charge in [-0.2, -0.15) is 0 Å². The van der Waals surface area contributed by atoms with Crippen LogP contribution in [0.3, 0.4) is 0 Å². The molecule has 12 nitrogen and oxygen atoms in total. The Morgan fingerprint density at radius 3 is 0.838 bits per heavy atom. The summed E-state index contributed by atoms with van der Waals surface area (Å²) >= 11 is 0. The number of carboxylic acid groups (broad SMARTS) is 2. The second-order valence-electron chi connectivity index (χ2n) is 19.6. The number of benzene rings is 4. The minimum atomic E-state index is -1.48. The summed E-state index contributed by atoms with van der Waals surface area (Å²) < 4.78 is 0. The summed E-state index contributed by atoms with van der Waals surface area (Å²) in [6.07, 6.45) is 30.9. The molecule has 4 N–H and O–H groups in total. The van der Waals surface area contributed by atoms with E-state index in [1.807, 2.05) is 60.7 Å². The number of rotatable bonds is 36. The standard InChI is InChI=1S/C32H46N2O4.C30H42N2O4/c1-2-3-4-5-6-7-8-9-10-11-12-13-17-24-33-30(35)29-22-20-28(21-23-29)26-34(31(36)32(37)38)25-27-18-15-14-16-19-27;1-2-3-4-5-6-7-8-9-10-11-15-22-31-28(33)27-20-18-26(19-21-27)24-32(29(34)30(35)36)23-25-16-13-12-14-17-25/h14-16,18-23H,2-13,17,24-26H2,1H3,(H,33,35)(H,37,38);12-14,16-21H,2-11,15,22-24H2,1H3,(H,31,33)(H,35,36).